The molecule has 2 rings (SSSR count). The minimum atomic E-state index is 0.751. The number of benzene rings is 1. The summed E-state index contributed by atoms with van der Waals surface area (Å²) in [6.07, 6.45) is 0.784. The molecule has 0 aliphatic heterocycles. The van der Waals surface area contributed by atoms with Gasteiger partial charge in [0.1, 0.15) is 0 Å². The first-order valence-corrected chi connectivity index (χ1v) is 5.92. The highest BCUT2D eigenvalue weighted by Gasteiger charge is 2.04. The van der Waals surface area contributed by atoms with Gasteiger partial charge in [0.05, 0.1) is 5.69 Å². The molecule has 96 valence electrons. The van der Waals surface area contributed by atoms with Crippen molar-refractivity contribution in [3.05, 3.63) is 30.1 Å². The third-order valence-corrected chi connectivity index (χ3v) is 2.65. The molecule has 0 saturated heterocycles. The van der Waals surface area contributed by atoms with Gasteiger partial charge in [-0.2, -0.15) is 0 Å². The predicted molar refractivity (Wildman–Crippen MR) is 71.1 cm³/mol. The maximum absolute atomic E-state index is 4.33. The van der Waals surface area contributed by atoms with Crippen LogP contribution in [0, 0.1) is 0 Å². The molecule has 0 aliphatic carbocycles. The van der Waals surface area contributed by atoms with Crippen molar-refractivity contribution in [1.29, 1.82) is 0 Å². The Kier molecular flexibility index (Phi) is 3.88. The third kappa shape index (κ3) is 2.84. The van der Waals surface area contributed by atoms with Crippen LogP contribution in [0.3, 0.4) is 0 Å². The Morgan fingerprint density at radius 1 is 1.22 bits per heavy atom. The normalized spacial score (nSPS) is 10.6. The van der Waals surface area contributed by atoms with Gasteiger partial charge >= 0.3 is 0 Å². The number of anilines is 1. The summed E-state index contributed by atoms with van der Waals surface area (Å²) in [7, 11) is 5.93. The van der Waals surface area contributed by atoms with Gasteiger partial charge in [-0.1, -0.05) is 0 Å². The lowest BCUT2D eigenvalue weighted by molar-refractivity contribution is 0.713. The first-order chi connectivity index (χ1) is 8.70. The van der Waals surface area contributed by atoms with E-state index in [1.165, 1.54) is 0 Å². The summed E-state index contributed by atoms with van der Waals surface area (Å²) in [4.78, 5) is 3.61. The fourth-order valence-electron chi connectivity index (χ4n) is 1.57. The van der Waals surface area contributed by atoms with E-state index in [0.717, 1.165) is 30.2 Å². The highest BCUT2D eigenvalue weighted by atomic mass is 15.6. The van der Waals surface area contributed by atoms with Gasteiger partial charge in [0.25, 0.3) is 0 Å². The molecule has 0 radical (unpaired) electrons. The number of aromatic nitrogens is 4. The molecule has 6 nitrogen and oxygen atoms in total. The predicted octanol–water partition coefficient (Wildman–Crippen LogP) is 0.490. The topological polar surface area (TPSA) is 58.9 Å². The Hall–Kier alpha value is -1.95. The van der Waals surface area contributed by atoms with Crippen molar-refractivity contribution >= 4 is 5.69 Å². The molecule has 0 bridgehead atoms. The van der Waals surface area contributed by atoms with E-state index in [0.29, 0.717) is 0 Å². The maximum atomic E-state index is 4.33. The van der Waals surface area contributed by atoms with Gasteiger partial charge in [-0.15, -0.1) is 15.0 Å². The van der Waals surface area contributed by atoms with Crippen LogP contribution in [0.4, 0.5) is 5.69 Å². The van der Waals surface area contributed by atoms with Crippen molar-refractivity contribution in [2.75, 3.05) is 32.6 Å². The van der Waals surface area contributed by atoms with E-state index in [2.05, 4.69) is 25.6 Å². The van der Waals surface area contributed by atoms with Gasteiger partial charge in [0.2, 0.25) is 0 Å². The summed E-state index contributed by atoms with van der Waals surface area (Å²) in [5.74, 6) is 0.751. The fourth-order valence-corrected chi connectivity index (χ4v) is 1.57. The second kappa shape index (κ2) is 5.59. The summed E-state index contributed by atoms with van der Waals surface area (Å²) in [5, 5.41) is 15.5. The quantitative estimate of drug-likeness (QED) is 0.832. The average molecular weight is 246 g/mol. The number of tetrazole rings is 1. The second-order valence-corrected chi connectivity index (χ2v) is 4.26. The number of likely N-dealkylation sites (N-methyl/N-ethyl adjacent to an activating group) is 1. The van der Waals surface area contributed by atoms with Crippen molar-refractivity contribution < 1.29 is 0 Å². The van der Waals surface area contributed by atoms with Crippen molar-refractivity contribution in [1.82, 2.24) is 25.5 Å². The number of hydrogen-bond donors (Lipinski definition) is 1. The number of nitrogens with zero attached hydrogens (tertiary/aromatic N) is 5. The van der Waals surface area contributed by atoms with Crippen LogP contribution in [0.15, 0.2) is 24.3 Å². The lowest BCUT2D eigenvalue weighted by Crippen LogP contribution is -2.11. The van der Waals surface area contributed by atoms with Crippen molar-refractivity contribution in [3.8, 4) is 5.69 Å². The zero-order chi connectivity index (χ0) is 13.0. The maximum Gasteiger partial charge on any atom is 0.176 e. The van der Waals surface area contributed by atoms with Crippen molar-refractivity contribution in [2.24, 2.45) is 0 Å². The summed E-state index contributed by atoms with van der Waals surface area (Å²) in [6.45, 7) is 0.852. The highest BCUT2D eigenvalue weighted by Crippen LogP contribution is 2.13. The van der Waals surface area contributed by atoms with Gasteiger partial charge < -0.3 is 10.2 Å². The average Bonchev–Trinajstić information content (AvgIpc) is 2.85. The molecule has 0 fully saturated rings. The Balaban J connectivity index is 2.13. The van der Waals surface area contributed by atoms with Crippen LogP contribution in [0.5, 0.6) is 0 Å². The SMILES string of the molecule is CNCCc1nnn(-c2ccc(N(C)C)cc2)n1. The number of rotatable bonds is 5. The van der Waals surface area contributed by atoms with E-state index in [1.54, 1.807) is 4.80 Å². The van der Waals surface area contributed by atoms with Crippen LogP contribution in [0.1, 0.15) is 5.82 Å². The number of nitrogens with one attached hydrogen (secondary N) is 1. The molecule has 1 aromatic heterocycles. The molecule has 18 heavy (non-hydrogen) atoms. The molecule has 2 aromatic rings. The van der Waals surface area contributed by atoms with Crippen LogP contribution >= 0.6 is 0 Å². The smallest absolute Gasteiger partial charge is 0.176 e. The minimum absolute atomic E-state index is 0.751. The molecule has 0 amide bonds. The van der Waals surface area contributed by atoms with E-state index in [9.17, 15) is 0 Å². The van der Waals surface area contributed by atoms with Crippen molar-refractivity contribution in [2.45, 2.75) is 6.42 Å². The van der Waals surface area contributed by atoms with Gasteiger partial charge in [0, 0.05) is 32.7 Å². The van der Waals surface area contributed by atoms with Gasteiger partial charge in [-0.25, -0.2) is 0 Å². The molecule has 1 aromatic carbocycles. The lowest BCUT2D eigenvalue weighted by Gasteiger charge is -2.12. The first-order valence-electron chi connectivity index (χ1n) is 5.92. The van der Waals surface area contributed by atoms with Crippen LogP contribution in [0.2, 0.25) is 0 Å². The molecule has 0 saturated carbocycles. The number of hydrogen-bond acceptors (Lipinski definition) is 5. The van der Waals surface area contributed by atoms with E-state index in [4.69, 9.17) is 0 Å². The summed E-state index contributed by atoms with van der Waals surface area (Å²) >= 11 is 0. The van der Waals surface area contributed by atoms with Crippen molar-refractivity contribution in [3.63, 3.8) is 0 Å². The molecule has 0 atom stereocenters. The van der Waals surface area contributed by atoms with E-state index in [-0.39, 0.29) is 0 Å². The third-order valence-electron chi connectivity index (χ3n) is 2.65. The van der Waals surface area contributed by atoms with Gasteiger partial charge in [0.15, 0.2) is 5.82 Å². The van der Waals surface area contributed by atoms with Crippen LogP contribution in [-0.4, -0.2) is 47.9 Å². The van der Waals surface area contributed by atoms with Crippen LogP contribution in [-0.2, 0) is 6.42 Å². The lowest BCUT2D eigenvalue weighted by atomic mass is 10.3. The summed E-state index contributed by atoms with van der Waals surface area (Å²) < 4.78 is 0. The van der Waals surface area contributed by atoms with Gasteiger partial charge in [-0.3, -0.25) is 0 Å². The van der Waals surface area contributed by atoms with Crippen LogP contribution < -0.4 is 10.2 Å². The molecule has 1 N–H and O–H groups in total. The standard InChI is InChI=1S/C12H18N6/c1-13-9-8-12-14-16-18(15-12)11-6-4-10(5-7-11)17(2)3/h4-7,13H,8-9H2,1-3H3. The van der Waals surface area contributed by atoms with E-state index < -0.39 is 0 Å². The molecular formula is C12H18N6. The molecule has 0 aliphatic rings. The Morgan fingerprint density at radius 3 is 2.56 bits per heavy atom. The molecular weight excluding hydrogens is 228 g/mol. The Morgan fingerprint density at radius 2 is 1.94 bits per heavy atom. The van der Waals surface area contributed by atoms with Crippen LogP contribution in [0.25, 0.3) is 5.69 Å². The zero-order valence-corrected chi connectivity index (χ0v) is 11.0. The van der Waals surface area contributed by atoms with Gasteiger partial charge in [-0.05, 0) is 36.5 Å². The van der Waals surface area contributed by atoms with E-state index in [1.807, 2.05) is 45.4 Å². The zero-order valence-electron chi connectivity index (χ0n) is 11.0. The molecule has 0 spiro atoms. The first kappa shape index (κ1) is 12.5. The Bertz CT molecular complexity index is 488. The summed E-state index contributed by atoms with van der Waals surface area (Å²) in [5.41, 5.74) is 2.07. The monoisotopic (exact) mass is 246 g/mol. The Labute approximate surface area is 107 Å². The molecule has 0 unspecified atom stereocenters. The minimum Gasteiger partial charge on any atom is -0.378 e. The second-order valence-electron chi connectivity index (χ2n) is 4.26. The largest absolute Gasteiger partial charge is 0.378 e. The van der Waals surface area contributed by atoms with E-state index >= 15 is 0 Å². The summed E-state index contributed by atoms with van der Waals surface area (Å²) in [6, 6.07) is 8.04. The highest BCUT2D eigenvalue weighted by molar-refractivity contribution is 5.49. The molecule has 6 heteroatoms. The fraction of sp³-hybridized carbons (Fsp3) is 0.417. The molecule has 1 heterocycles.